The van der Waals surface area contributed by atoms with Gasteiger partial charge in [-0.3, -0.25) is 4.18 Å². The molecule has 0 saturated carbocycles. The predicted molar refractivity (Wildman–Crippen MR) is 31.1 cm³/mol. The number of hydrogen-bond donors (Lipinski definition) is 0. The summed E-state index contributed by atoms with van der Waals surface area (Å²) in [5, 5.41) is 0. The third-order valence-electron chi connectivity index (χ3n) is 0.400. The summed E-state index contributed by atoms with van der Waals surface area (Å²) in [7, 11) is 0. The minimum absolute atomic E-state index is 0.136. The highest BCUT2D eigenvalue weighted by Crippen LogP contribution is 1.88. The monoisotopic (exact) mass is 154 g/mol. The van der Waals surface area contributed by atoms with Crippen molar-refractivity contribution in [3.63, 3.8) is 0 Å². The Morgan fingerprint density at radius 1 is 1.78 bits per heavy atom. The van der Waals surface area contributed by atoms with Crippen LogP contribution in [0.2, 0.25) is 0 Å². The average Bonchev–Trinajstić information content (AvgIpc) is 1.85. The number of rotatable bonds is 4. The fourth-order valence-electron chi connectivity index (χ4n) is 0.190. The Morgan fingerprint density at radius 3 is 2.89 bits per heavy atom. The molecule has 0 aliphatic rings. The average molecular weight is 154 g/mol. The minimum Gasteiger partial charge on any atom is -0.386 e. The molecule has 0 bridgehead atoms. The second kappa shape index (κ2) is 5.71. The Hall–Kier alpha value is -0.420. The molecule has 0 amide bonds. The molecular weight excluding hydrogens is 147 g/mol. The standard InChI is InChI=1S/C4H7FO3S/c1-2-7-9(6)8-4-3-5/h3-4H,2H2,1H3. The Labute approximate surface area is 55.3 Å². The summed E-state index contributed by atoms with van der Waals surface area (Å²) in [5.74, 6) is 0. The van der Waals surface area contributed by atoms with Crippen LogP contribution in [-0.2, 0) is 19.7 Å². The minimum atomic E-state index is -1.85. The molecule has 0 fully saturated rings. The van der Waals surface area contributed by atoms with Crippen molar-refractivity contribution in [2.45, 2.75) is 6.92 Å². The molecule has 0 heterocycles. The largest absolute Gasteiger partial charge is 0.386 e. The lowest BCUT2D eigenvalue weighted by atomic mass is 10.9. The molecule has 0 aromatic heterocycles. The maximum absolute atomic E-state index is 11.1. The molecule has 0 aliphatic carbocycles. The van der Waals surface area contributed by atoms with Crippen LogP contribution in [0.25, 0.3) is 0 Å². The summed E-state index contributed by atoms with van der Waals surface area (Å²) in [6.07, 6.45) is 0.794. The molecule has 9 heavy (non-hydrogen) atoms. The number of hydrogen-bond acceptors (Lipinski definition) is 3. The van der Waals surface area contributed by atoms with Crippen molar-refractivity contribution in [2.24, 2.45) is 0 Å². The van der Waals surface area contributed by atoms with E-state index in [2.05, 4.69) is 8.37 Å². The van der Waals surface area contributed by atoms with E-state index in [9.17, 15) is 8.60 Å². The van der Waals surface area contributed by atoms with Crippen LogP contribution < -0.4 is 0 Å². The topological polar surface area (TPSA) is 35.5 Å². The smallest absolute Gasteiger partial charge is 0.359 e. The van der Waals surface area contributed by atoms with Gasteiger partial charge in [-0.15, -0.1) is 0 Å². The molecule has 0 aromatic rings. The Morgan fingerprint density at radius 2 is 2.44 bits per heavy atom. The zero-order chi connectivity index (χ0) is 7.11. The van der Waals surface area contributed by atoms with Crippen LogP contribution in [0.5, 0.6) is 0 Å². The second-order valence-corrected chi connectivity index (χ2v) is 1.81. The first-order valence-corrected chi connectivity index (χ1v) is 3.28. The lowest BCUT2D eigenvalue weighted by Crippen LogP contribution is -1.96. The molecule has 0 N–H and O–H groups in total. The van der Waals surface area contributed by atoms with Crippen molar-refractivity contribution in [2.75, 3.05) is 6.61 Å². The van der Waals surface area contributed by atoms with Crippen molar-refractivity contribution < 1.29 is 17.0 Å². The highest BCUT2D eigenvalue weighted by molar-refractivity contribution is 7.75. The quantitative estimate of drug-likeness (QED) is 0.568. The van der Waals surface area contributed by atoms with E-state index in [0.29, 0.717) is 6.26 Å². The zero-order valence-corrected chi connectivity index (χ0v) is 5.69. The highest BCUT2D eigenvalue weighted by atomic mass is 32.2. The van der Waals surface area contributed by atoms with E-state index < -0.39 is 11.4 Å². The molecule has 0 aliphatic heterocycles. The number of halogens is 1. The van der Waals surface area contributed by atoms with Gasteiger partial charge in [0, 0.05) is 0 Å². The Kier molecular flexibility index (Phi) is 5.45. The van der Waals surface area contributed by atoms with E-state index in [0.717, 1.165) is 0 Å². The van der Waals surface area contributed by atoms with Gasteiger partial charge >= 0.3 is 11.4 Å². The van der Waals surface area contributed by atoms with Crippen molar-refractivity contribution in [1.29, 1.82) is 0 Å². The van der Waals surface area contributed by atoms with E-state index in [1.807, 2.05) is 0 Å². The molecule has 54 valence electrons. The Bertz CT molecular complexity index is 114. The van der Waals surface area contributed by atoms with Gasteiger partial charge in [-0.1, -0.05) is 0 Å². The van der Waals surface area contributed by atoms with Gasteiger partial charge in [0.25, 0.3) is 0 Å². The van der Waals surface area contributed by atoms with Crippen LogP contribution in [0, 0.1) is 0 Å². The second-order valence-electron chi connectivity index (χ2n) is 0.969. The van der Waals surface area contributed by atoms with Gasteiger partial charge in [0.15, 0.2) is 0 Å². The summed E-state index contributed by atoms with van der Waals surface area (Å²) in [5.41, 5.74) is 0. The van der Waals surface area contributed by atoms with E-state index >= 15 is 0 Å². The molecule has 0 rings (SSSR count). The van der Waals surface area contributed by atoms with E-state index in [4.69, 9.17) is 0 Å². The molecule has 5 heteroatoms. The van der Waals surface area contributed by atoms with Crippen molar-refractivity contribution >= 4 is 11.4 Å². The molecule has 0 saturated heterocycles. The maximum atomic E-state index is 11.1. The summed E-state index contributed by atoms with van der Waals surface area (Å²) >= 11 is -1.85. The van der Waals surface area contributed by atoms with Gasteiger partial charge < -0.3 is 4.18 Å². The molecule has 0 aromatic carbocycles. The van der Waals surface area contributed by atoms with Crippen LogP contribution in [0.15, 0.2) is 12.6 Å². The van der Waals surface area contributed by atoms with E-state index in [-0.39, 0.29) is 12.9 Å². The lowest BCUT2D eigenvalue weighted by Gasteiger charge is -1.94. The maximum Gasteiger partial charge on any atom is 0.359 e. The molecule has 0 spiro atoms. The van der Waals surface area contributed by atoms with Crippen LogP contribution in [-0.4, -0.2) is 10.8 Å². The summed E-state index contributed by atoms with van der Waals surface area (Å²) in [4.78, 5) is 0. The first-order chi connectivity index (χ1) is 4.31. The van der Waals surface area contributed by atoms with Gasteiger partial charge in [-0.2, -0.15) is 4.21 Å². The Balaban J connectivity index is 3.27. The summed E-state index contributed by atoms with van der Waals surface area (Å²) in [6, 6.07) is 0. The van der Waals surface area contributed by atoms with Crippen LogP contribution >= 0.6 is 0 Å². The molecule has 0 radical (unpaired) electrons. The fourth-order valence-corrected chi connectivity index (χ4v) is 0.571. The van der Waals surface area contributed by atoms with Gasteiger partial charge in [0.2, 0.25) is 0 Å². The van der Waals surface area contributed by atoms with Crippen LogP contribution in [0.1, 0.15) is 6.92 Å². The first kappa shape index (κ1) is 8.58. The molecule has 1 unspecified atom stereocenters. The van der Waals surface area contributed by atoms with Gasteiger partial charge in [0.05, 0.1) is 6.61 Å². The van der Waals surface area contributed by atoms with Crippen molar-refractivity contribution in [1.82, 2.24) is 0 Å². The van der Waals surface area contributed by atoms with Crippen LogP contribution in [0.4, 0.5) is 4.39 Å². The third kappa shape index (κ3) is 5.45. The molecule has 1 atom stereocenters. The summed E-state index contributed by atoms with van der Waals surface area (Å²) < 4.78 is 29.9. The van der Waals surface area contributed by atoms with Gasteiger partial charge in [-0.05, 0) is 6.92 Å². The zero-order valence-electron chi connectivity index (χ0n) is 4.87. The van der Waals surface area contributed by atoms with Crippen LogP contribution in [0.3, 0.4) is 0 Å². The van der Waals surface area contributed by atoms with E-state index in [1.165, 1.54) is 0 Å². The highest BCUT2D eigenvalue weighted by Gasteiger charge is 1.92. The third-order valence-corrected chi connectivity index (χ3v) is 1.10. The van der Waals surface area contributed by atoms with Crippen molar-refractivity contribution in [3.8, 4) is 0 Å². The fraction of sp³-hybridized carbons (Fsp3) is 0.500. The first-order valence-electron chi connectivity index (χ1n) is 2.28. The lowest BCUT2D eigenvalue weighted by molar-refractivity contribution is 0.311. The SMILES string of the molecule is CCOS(=O)OC=CF. The van der Waals surface area contributed by atoms with Gasteiger partial charge in [-0.25, -0.2) is 4.39 Å². The molecular formula is C4H7FO3S. The van der Waals surface area contributed by atoms with Crippen molar-refractivity contribution in [3.05, 3.63) is 12.6 Å². The summed E-state index contributed by atoms with van der Waals surface area (Å²) in [6.45, 7) is 1.92. The van der Waals surface area contributed by atoms with E-state index in [1.54, 1.807) is 6.92 Å². The predicted octanol–water partition coefficient (Wildman–Crippen LogP) is 1.06. The van der Waals surface area contributed by atoms with Gasteiger partial charge in [0.1, 0.15) is 12.6 Å². The normalized spacial score (nSPS) is 14.0. The molecule has 3 nitrogen and oxygen atoms in total.